The maximum atomic E-state index is 13.4. The maximum Gasteiger partial charge on any atom is 0.423 e. The van der Waals surface area contributed by atoms with Gasteiger partial charge in [-0.05, 0) is 30.5 Å². The zero-order valence-electron chi connectivity index (χ0n) is 14.2. The molecule has 142 valence electrons. The third-order valence-corrected chi connectivity index (χ3v) is 4.62. The van der Waals surface area contributed by atoms with Gasteiger partial charge >= 0.3 is 6.18 Å². The molecule has 2 aromatic rings. The van der Waals surface area contributed by atoms with Crippen LogP contribution in [-0.2, 0) is 17.4 Å². The number of nitrogens with two attached hydrogens (primary N) is 1. The van der Waals surface area contributed by atoms with Gasteiger partial charge in [0.05, 0.1) is 17.0 Å². The number of amides is 1. The molecule has 1 aliphatic heterocycles. The van der Waals surface area contributed by atoms with Gasteiger partial charge in [-0.15, -0.1) is 0 Å². The Bertz CT molecular complexity index is 900. The van der Waals surface area contributed by atoms with E-state index in [9.17, 15) is 28.1 Å². The lowest BCUT2D eigenvalue weighted by molar-refractivity contribution is -0.388. The number of anilines is 1. The summed E-state index contributed by atoms with van der Waals surface area (Å²) in [5.41, 5.74) is 4.37. The van der Waals surface area contributed by atoms with Crippen molar-refractivity contribution in [2.24, 2.45) is 5.73 Å². The Hall–Kier alpha value is -2.94. The van der Waals surface area contributed by atoms with E-state index in [0.29, 0.717) is 11.6 Å². The van der Waals surface area contributed by atoms with Gasteiger partial charge in [0.15, 0.2) is 0 Å². The van der Waals surface area contributed by atoms with Crippen LogP contribution in [0.25, 0.3) is 0 Å². The van der Waals surface area contributed by atoms with Gasteiger partial charge in [0.1, 0.15) is 5.56 Å². The number of nitro groups is 1. The highest BCUT2D eigenvalue weighted by Gasteiger charge is 2.42. The summed E-state index contributed by atoms with van der Waals surface area (Å²) in [5, 5.41) is 11.1. The van der Waals surface area contributed by atoms with Crippen LogP contribution in [0.5, 0.6) is 0 Å². The van der Waals surface area contributed by atoms with Crippen molar-refractivity contribution in [1.82, 2.24) is 0 Å². The summed E-state index contributed by atoms with van der Waals surface area (Å²) in [5.74, 6) is -0.527. The number of nitro benzene ring substituents is 1. The molecule has 0 aliphatic carbocycles. The zero-order chi connectivity index (χ0) is 19.9. The highest BCUT2D eigenvalue weighted by atomic mass is 19.4. The van der Waals surface area contributed by atoms with E-state index in [4.69, 9.17) is 5.73 Å². The number of hydrogen-bond acceptors (Lipinski definition) is 4. The van der Waals surface area contributed by atoms with Gasteiger partial charge in [0.25, 0.3) is 5.69 Å². The minimum absolute atomic E-state index is 0.00372. The zero-order valence-corrected chi connectivity index (χ0v) is 14.2. The van der Waals surface area contributed by atoms with Gasteiger partial charge in [-0.25, -0.2) is 0 Å². The third-order valence-electron chi connectivity index (χ3n) is 4.62. The molecule has 1 amide bonds. The summed E-state index contributed by atoms with van der Waals surface area (Å²) in [6.45, 7) is 1.67. The fraction of sp³-hybridized carbons (Fsp3) is 0.278. The number of carbonyl (C=O) groups is 1. The van der Waals surface area contributed by atoms with Crippen molar-refractivity contribution in [2.75, 3.05) is 4.90 Å². The predicted molar refractivity (Wildman–Crippen MR) is 92.1 cm³/mol. The van der Waals surface area contributed by atoms with E-state index >= 15 is 0 Å². The van der Waals surface area contributed by atoms with Gasteiger partial charge < -0.3 is 10.6 Å². The molecule has 27 heavy (non-hydrogen) atoms. The molecule has 1 heterocycles. The average molecular weight is 379 g/mol. The molecule has 3 rings (SSSR count). The monoisotopic (exact) mass is 379 g/mol. The second kappa shape index (κ2) is 6.66. The van der Waals surface area contributed by atoms with Gasteiger partial charge in [-0.1, -0.05) is 30.3 Å². The van der Waals surface area contributed by atoms with Crippen molar-refractivity contribution < 1.29 is 22.9 Å². The minimum Gasteiger partial charge on any atom is -0.320 e. The lowest BCUT2D eigenvalue weighted by atomic mass is 9.92. The number of carbonyl (C=O) groups excluding carboxylic acids is 1. The van der Waals surface area contributed by atoms with Gasteiger partial charge in [0.2, 0.25) is 5.91 Å². The lowest BCUT2D eigenvalue weighted by Gasteiger charge is -2.37. The first kappa shape index (κ1) is 18.8. The number of fused-ring (bicyclic) bond motifs is 1. The number of rotatable bonds is 3. The van der Waals surface area contributed by atoms with Crippen LogP contribution in [0.2, 0.25) is 0 Å². The molecule has 0 bridgehead atoms. The lowest BCUT2D eigenvalue weighted by Crippen LogP contribution is -2.50. The van der Waals surface area contributed by atoms with Crippen LogP contribution < -0.4 is 10.6 Å². The number of hydrogen-bond donors (Lipinski definition) is 1. The average Bonchev–Trinajstić information content (AvgIpc) is 2.61. The van der Waals surface area contributed by atoms with Crippen LogP contribution in [-0.4, -0.2) is 16.9 Å². The van der Waals surface area contributed by atoms with Crippen LogP contribution in [0.3, 0.4) is 0 Å². The van der Waals surface area contributed by atoms with E-state index in [2.05, 4.69) is 0 Å². The van der Waals surface area contributed by atoms with E-state index in [0.717, 1.165) is 6.07 Å². The Morgan fingerprint density at radius 2 is 1.89 bits per heavy atom. The highest BCUT2D eigenvalue weighted by molar-refractivity contribution is 6.01. The molecule has 9 heteroatoms. The van der Waals surface area contributed by atoms with Crippen LogP contribution >= 0.6 is 0 Å². The van der Waals surface area contributed by atoms with Crippen LogP contribution in [0, 0.1) is 10.1 Å². The van der Waals surface area contributed by atoms with Crippen molar-refractivity contribution in [1.29, 1.82) is 0 Å². The molecular weight excluding hydrogens is 363 g/mol. The Kier molecular flexibility index (Phi) is 4.64. The standard InChI is InChI=1S/C18H16F3N3O3/c1-10(11-5-3-2-4-6-11)23-15-9-13(18(19,20)21)16(24(26)27)8-12(15)7-14(22)17(23)25/h2-6,8-10,14H,7,22H2,1H3/t10-,14+/m0/s1. The fourth-order valence-electron chi connectivity index (χ4n) is 3.29. The van der Waals surface area contributed by atoms with Crippen molar-refractivity contribution in [3.05, 3.63) is 69.3 Å². The molecule has 0 saturated heterocycles. The highest BCUT2D eigenvalue weighted by Crippen LogP contribution is 2.43. The molecule has 0 spiro atoms. The summed E-state index contributed by atoms with van der Waals surface area (Å²) in [6, 6.07) is 8.73. The molecule has 0 fully saturated rings. The number of benzene rings is 2. The molecule has 0 unspecified atom stereocenters. The smallest absolute Gasteiger partial charge is 0.320 e. The van der Waals surface area contributed by atoms with Gasteiger partial charge in [0, 0.05) is 11.8 Å². The quantitative estimate of drug-likeness (QED) is 0.652. The molecule has 2 aromatic carbocycles. The van der Waals surface area contributed by atoms with Gasteiger partial charge in [-0.2, -0.15) is 13.2 Å². The first-order valence-electron chi connectivity index (χ1n) is 8.13. The number of alkyl halides is 3. The summed E-state index contributed by atoms with van der Waals surface area (Å²) >= 11 is 0. The fourth-order valence-corrected chi connectivity index (χ4v) is 3.29. The van der Waals surface area contributed by atoms with Crippen molar-refractivity contribution in [3.8, 4) is 0 Å². The second-order valence-electron chi connectivity index (χ2n) is 6.36. The Labute approximate surface area is 152 Å². The Morgan fingerprint density at radius 1 is 1.26 bits per heavy atom. The first-order valence-corrected chi connectivity index (χ1v) is 8.13. The molecule has 0 aromatic heterocycles. The number of nitrogens with zero attached hydrogens (tertiary/aromatic N) is 2. The Balaban J connectivity index is 2.21. The molecule has 1 aliphatic rings. The van der Waals surface area contributed by atoms with E-state index < -0.39 is 40.3 Å². The molecule has 0 saturated carbocycles. The normalized spacial score (nSPS) is 18.2. The summed E-state index contributed by atoms with van der Waals surface area (Å²) in [4.78, 5) is 23.9. The molecular formula is C18H16F3N3O3. The van der Waals surface area contributed by atoms with E-state index in [1.54, 1.807) is 37.3 Å². The maximum absolute atomic E-state index is 13.4. The van der Waals surface area contributed by atoms with Gasteiger partial charge in [-0.3, -0.25) is 14.9 Å². The molecule has 2 N–H and O–H groups in total. The largest absolute Gasteiger partial charge is 0.423 e. The van der Waals surface area contributed by atoms with E-state index in [1.165, 1.54) is 4.90 Å². The molecule has 2 atom stereocenters. The first-order chi connectivity index (χ1) is 12.6. The summed E-state index contributed by atoms with van der Waals surface area (Å²) < 4.78 is 40.1. The van der Waals surface area contributed by atoms with Crippen molar-refractivity contribution in [2.45, 2.75) is 31.6 Å². The van der Waals surface area contributed by atoms with Crippen molar-refractivity contribution >= 4 is 17.3 Å². The summed E-state index contributed by atoms with van der Waals surface area (Å²) in [7, 11) is 0. The molecule has 0 radical (unpaired) electrons. The third kappa shape index (κ3) is 3.37. The SMILES string of the molecule is C[C@@H](c1ccccc1)N1C(=O)[C@H](N)Cc2cc([N+](=O)[O-])c(C(F)(F)F)cc21. The van der Waals surface area contributed by atoms with Crippen molar-refractivity contribution in [3.63, 3.8) is 0 Å². The minimum atomic E-state index is -4.93. The predicted octanol–water partition coefficient (Wildman–Crippen LogP) is 3.59. The second-order valence-corrected chi connectivity index (χ2v) is 6.36. The molecule has 6 nitrogen and oxygen atoms in total. The van der Waals surface area contributed by atoms with E-state index in [-0.39, 0.29) is 17.7 Å². The van der Waals surface area contributed by atoms with Crippen LogP contribution in [0.1, 0.15) is 29.7 Å². The van der Waals surface area contributed by atoms with Crippen LogP contribution in [0.4, 0.5) is 24.5 Å². The summed E-state index contributed by atoms with van der Waals surface area (Å²) in [6.07, 6.45) is -4.99. The number of halogens is 3. The Morgan fingerprint density at radius 3 is 2.44 bits per heavy atom. The van der Waals surface area contributed by atoms with E-state index in [1.807, 2.05) is 0 Å². The topological polar surface area (TPSA) is 89.5 Å². The van der Waals surface area contributed by atoms with Crippen LogP contribution in [0.15, 0.2) is 42.5 Å².